The van der Waals surface area contributed by atoms with Crippen LogP contribution in [-0.2, 0) is 27.1 Å². The fourth-order valence-corrected chi connectivity index (χ4v) is 6.36. The summed E-state index contributed by atoms with van der Waals surface area (Å²) in [6.45, 7) is 3.74. The molecule has 1 aliphatic carbocycles. The molecule has 0 unspecified atom stereocenters. The van der Waals surface area contributed by atoms with Crippen LogP contribution in [0.15, 0.2) is 12.1 Å². The second-order valence-electron chi connectivity index (χ2n) is 10.5. The predicted octanol–water partition coefficient (Wildman–Crippen LogP) is 5.12. The number of carbonyl (C=O) groups excluding carboxylic acids is 1. The van der Waals surface area contributed by atoms with E-state index < -0.39 is 5.97 Å². The van der Waals surface area contributed by atoms with E-state index in [1.54, 1.807) is 4.90 Å². The number of fused-ring (bicyclic) bond motifs is 3. The maximum atomic E-state index is 12.6. The Bertz CT molecular complexity index is 1080. The number of methoxy groups -OCH3 is 1. The van der Waals surface area contributed by atoms with Crippen LogP contribution < -0.4 is 4.90 Å². The monoisotopic (exact) mass is 483 g/mol. The number of aromatic nitrogens is 2. The number of anilines is 1. The summed E-state index contributed by atoms with van der Waals surface area (Å²) in [5, 5.41) is 9.48. The number of aliphatic carboxylic acids is 1. The molecule has 35 heavy (non-hydrogen) atoms. The molecule has 1 aromatic heterocycles. The minimum Gasteiger partial charge on any atom is -0.481 e. The first-order valence-electron chi connectivity index (χ1n) is 13.2. The van der Waals surface area contributed by atoms with Gasteiger partial charge in [0.25, 0.3) is 0 Å². The van der Waals surface area contributed by atoms with Crippen molar-refractivity contribution in [2.24, 2.45) is 11.8 Å². The van der Waals surface area contributed by atoms with Crippen LogP contribution in [0.4, 0.5) is 10.5 Å². The zero-order valence-electron chi connectivity index (χ0n) is 20.9. The number of amides is 1. The average Bonchev–Trinajstić information content (AvgIpc) is 3.26. The molecular formula is C27H37N3O5. The van der Waals surface area contributed by atoms with Crippen molar-refractivity contribution >= 4 is 28.8 Å². The summed E-state index contributed by atoms with van der Waals surface area (Å²) in [6, 6.07) is 4.50. The number of aryl methyl sites for hydroxylation is 2. The van der Waals surface area contributed by atoms with Crippen LogP contribution in [0.2, 0.25) is 0 Å². The number of nitrogens with zero attached hydrogens (tertiary/aromatic N) is 3. The topological polar surface area (TPSA) is 93.9 Å². The second-order valence-corrected chi connectivity index (χ2v) is 10.5. The van der Waals surface area contributed by atoms with Gasteiger partial charge in [-0.15, -0.1) is 0 Å². The molecule has 2 aromatic rings. The van der Waals surface area contributed by atoms with Gasteiger partial charge in [-0.2, -0.15) is 0 Å². The molecule has 190 valence electrons. The highest BCUT2D eigenvalue weighted by Gasteiger charge is 2.33. The fourth-order valence-electron chi connectivity index (χ4n) is 6.36. The van der Waals surface area contributed by atoms with Crippen LogP contribution in [0, 0.1) is 11.8 Å². The van der Waals surface area contributed by atoms with Crippen LogP contribution in [0.1, 0.15) is 75.7 Å². The number of imidazole rings is 1. The lowest BCUT2D eigenvalue weighted by molar-refractivity contribution is -0.143. The number of carboxylic acids is 1. The molecule has 1 N–H and O–H groups in total. The van der Waals surface area contributed by atoms with Gasteiger partial charge in [-0.05, 0) is 82.8 Å². The van der Waals surface area contributed by atoms with Crippen LogP contribution in [0.25, 0.3) is 11.0 Å². The Morgan fingerprint density at radius 3 is 2.54 bits per heavy atom. The molecule has 1 aromatic carbocycles. The molecule has 3 aliphatic rings. The van der Waals surface area contributed by atoms with Crippen molar-refractivity contribution < 1.29 is 24.2 Å². The summed E-state index contributed by atoms with van der Waals surface area (Å²) in [6.07, 6.45) is 8.74. The number of hydrogen-bond acceptors (Lipinski definition) is 5. The molecule has 2 aliphatic heterocycles. The van der Waals surface area contributed by atoms with Crippen molar-refractivity contribution in [2.75, 3.05) is 25.2 Å². The van der Waals surface area contributed by atoms with Crippen molar-refractivity contribution in [1.29, 1.82) is 0 Å². The van der Waals surface area contributed by atoms with Crippen molar-refractivity contribution in [3.05, 3.63) is 23.5 Å². The van der Waals surface area contributed by atoms with Gasteiger partial charge in [-0.25, -0.2) is 9.78 Å². The van der Waals surface area contributed by atoms with Gasteiger partial charge in [0.05, 0.1) is 29.7 Å². The van der Waals surface area contributed by atoms with E-state index in [2.05, 4.69) is 17.6 Å². The van der Waals surface area contributed by atoms with Gasteiger partial charge >= 0.3 is 12.1 Å². The van der Waals surface area contributed by atoms with Crippen LogP contribution >= 0.6 is 0 Å². The average molecular weight is 484 g/mol. The number of rotatable bonds is 5. The van der Waals surface area contributed by atoms with E-state index in [1.807, 2.05) is 6.07 Å². The highest BCUT2D eigenvalue weighted by atomic mass is 16.5. The Morgan fingerprint density at radius 1 is 1.11 bits per heavy atom. The maximum absolute atomic E-state index is 12.6. The Morgan fingerprint density at radius 2 is 1.86 bits per heavy atom. The number of carboxylic acid groups (broad SMARTS) is 1. The van der Waals surface area contributed by atoms with Crippen molar-refractivity contribution in [1.82, 2.24) is 9.55 Å². The lowest BCUT2D eigenvalue weighted by Crippen LogP contribution is -2.42. The minimum absolute atomic E-state index is 0.0776. The van der Waals surface area contributed by atoms with Crippen molar-refractivity contribution in [3.63, 3.8) is 0 Å². The zero-order chi connectivity index (χ0) is 24.5. The molecule has 3 heterocycles. The quantitative estimate of drug-likeness (QED) is 0.634. The second kappa shape index (κ2) is 10.2. The van der Waals surface area contributed by atoms with E-state index >= 15 is 0 Å². The molecule has 8 heteroatoms. The van der Waals surface area contributed by atoms with Crippen molar-refractivity contribution in [3.8, 4) is 0 Å². The summed E-state index contributed by atoms with van der Waals surface area (Å²) < 4.78 is 13.0. The number of carbonyl (C=O) groups is 2. The smallest absolute Gasteiger partial charge is 0.414 e. The molecule has 1 amide bonds. The predicted molar refractivity (Wildman–Crippen MR) is 133 cm³/mol. The summed E-state index contributed by atoms with van der Waals surface area (Å²) in [4.78, 5) is 31.1. The summed E-state index contributed by atoms with van der Waals surface area (Å²) >= 11 is 0. The SMILES string of the molecule is COC(=O)N1c2ccc3c(nc(CCC4CCOCC4)n3[C@H]3CC[C@H](C(=O)O)CC3)c2CC[C@@H]1C. The van der Waals surface area contributed by atoms with E-state index in [4.69, 9.17) is 14.5 Å². The Balaban J connectivity index is 1.52. The lowest BCUT2D eigenvalue weighted by atomic mass is 9.85. The van der Waals surface area contributed by atoms with E-state index in [1.165, 1.54) is 7.11 Å². The van der Waals surface area contributed by atoms with Crippen LogP contribution in [-0.4, -0.2) is 53.1 Å². The Kier molecular flexibility index (Phi) is 7.00. The highest BCUT2D eigenvalue weighted by molar-refractivity contribution is 5.95. The lowest BCUT2D eigenvalue weighted by Gasteiger charge is -2.34. The molecule has 1 saturated heterocycles. The molecule has 0 bridgehead atoms. The normalized spacial score (nSPS) is 25.4. The van der Waals surface area contributed by atoms with Gasteiger partial charge in [0.1, 0.15) is 5.82 Å². The first-order chi connectivity index (χ1) is 17.0. The van der Waals surface area contributed by atoms with E-state index in [0.717, 1.165) is 92.7 Å². The molecule has 5 rings (SSSR count). The molecule has 0 radical (unpaired) electrons. The van der Waals surface area contributed by atoms with Gasteiger partial charge in [0, 0.05) is 37.3 Å². The Hall–Kier alpha value is -2.61. The van der Waals surface area contributed by atoms with Gasteiger partial charge in [0.15, 0.2) is 0 Å². The fraction of sp³-hybridized carbons (Fsp3) is 0.667. The van der Waals surface area contributed by atoms with Gasteiger partial charge in [0.2, 0.25) is 0 Å². The Labute approximate surface area is 206 Å². The number of benzene rings is 1. The molecular weight excluding hydrogens is 446 g/mol. The van der Waals surface area contributed by atoms with Crippen molar-refractivity contribution in [2.45, 2.75) is 83.2 Å². The zero-order valence-corrected chi connectivity index (χ0v) is 20.9. The molecule has 1 atom stereocenters. The largest absolute Gasteiger partial charge is 0.481 e. The van der Waals surface area contributed by atoms with Crippen LogP contribution in [0.5, 0.6) is 0 Å². The van der Waals surface area contributed by atoms with Crippen LogP contribution in [0.3, 0.4) is 0 Å². The minimum atomic E-state index is -0.676. The summed E-state index contributed by atoms with van der Waals surface area (Å²) in [5.74, 6) is 0.839. The summed E-state index contributed by atoms with van der Waals surface area (Å²) in [5.41, 5.74) is 4.13. The molecule has 1 saturated carbocycles. The summed E-state index contributed by atoms with van der Waals surface area (Å²) in [7, 11) is 1.43. The third-order valence-corrected chi connectivity index (χ3v) is 8.43. The van der Waals surface area contributed by atoms with E-state index in [-0.39, 0.29) is 24.1 Å². The number of ether oxygens (including phenoxy) is 2. The highest BCUT2D eigenvalue weighted by Crippen LogP contribution is 2.40. The molecule has 0 spiro atoms. The van der Waals surface area contributed by atoms with E-state index in [9.17, 15) is 14.7 Å². The van der Waals surface area contributed by atoms with Gasteiger partial charge in [-0.3, -0.25) is 9.69 Å². The first kappa shape index (κ1) is 24.1. The number of hydrogen-bond donors (Lipinski definition) is 1. The molecule has 2 fully saturated rings. The van der Waals surface area contributed by atoms with E-state index in [0.29, 0.717) is 18.8 Å². The third-order valence-electron chi connectivity index (χ3n) is 8.43. The molecule has 8 nitrogen and oxygen atoms in total. The maximum Gasteiger partial charge on any atom is 0.414 e. The van der Waals surface area contributed by atoms with Gasteiger partial charge in [-0.1, -0.05) is 0 Å². The standard InChI is InChI=1S/C27H37N3O5/c1-17-3-9-21-22(29(17)27(33)34-2)10-11-23-25(21)28-24(12-4-18-13-15-35-16-14-18)30(23)20-7-5-19(6-8-20)26(31)32/h10-11,17-20H,3-9,12-16H2,1-2H3,(H,31,32)/t17-,19-,20-/m0/s1. The van der Waals surface area contributed by atoms with Gasteiger partial charge < -0.3 is 19.1 Å². The third kappa shape index (κ3) is 4.65. The first-order valence-corrected chi connectivity index (χ1v) is 13.2.